The number of carbonyl (C=O) groups is 1. The van der Waals surface area contributed by atoms with Gasteiger partial charge in [0.1, 0.15) is 5.78 Å². The van der Waals surface area contributed by atoms with Crippen molar-refractivity contribution in [2.45, 2.75) is 26.2 Å². The van der Waals surface area contributed by atoms with E-state index in [1.807, 2.05) is 19.0 Å². The first kappa shape index (κ1) is 12.9. The molecule has 0 heterocycles. The third-order valence-corrected chi connectivity index (χ3v) is 2.65. The van der Waals surface area contributed by atoms with Crippen LogP contribution in [0.4, 0.5) is 0 Å². The molecule has 1 aromatic carbocycles. The Hall–Kier alpha value is -1.15. The summed E-state index contributed by atoms with van der Waals surface area (Å²) in [5.74, 6) is 0.356. The Morgan fingerprint density at radius 3 is 2.31 bits per heavy atom. The number of ketones is 1. The van der Waals surface area contributed by atoms with Crippen LogP contribution in [0.25, 0.3) is 0 Å². The molecule has 0 radical (unpaired) electrons. The van der Waals surface area contributed by atoms with E-state index in [-0.39, 0.29) is 0 Å². The van der Waals surface area contributed by atoms with E-state index in [2.05, 4.69) is 31.2 Å². The zero-order valence-electron chi connectivity index (χ0n) is 10.5. The zero-order valence-corrected chi connectivity index (χ0v) is 10.5. The summed E-state index contributed by atoms with van der Waals surface area (Å²) in [5.41, 5.74) is 2.52. The van der Waals surface area contributed by atoms with Gasteiger partial charge < -0.3 is 4.90 Å². The Bertz CT molecular complexity index is 327. The summed E-state index contributed by atoms with van der Waals surface area (Å²) in [6, 6.07) is 8.41. The summed E-state index contributed by atoms with van der Waals surface area (Å²) in [7, 11) is 3.99. The number of hydrogen-bond donors (Lipinski definition) is 0. The molecule has 0 saturated carbocycles. The number of nitrogens with zero attached hydrogens (tertiary/aromatic N) is 1. The normalized spacial score (nSPS) is 10.8. The Kier molecular flexibility index (Phi) is 5.20. The van der Waals surface area contributed by atoms with Gasteiger partial charge in [-0.25, -0.2) is 0 Å². The largest absolute Gasteiger partial charge is 0.309 e. The molecular formula is C14H21NO. The molecule has 0 saturated heterocycles. The van der Waals surface area contributed by atoms with Gasteiger partial charge in [-0.1, -0.05) is 29.8 Å². The highest BCUT2D eigenvalue weighted by Crippen LogP contribution is 2.06. The molecule has 0 aliphatic carbocycles. The van der Waals surface area contributed by atoms with Crippen LogP contribution >= 0.6 is 0 Å². The number of carbonyl (C=O) groups excluding carboxylic acids is 1. The van der Waals surface area contributed by atoms with Crippen molar-refractivity contribution in [2.24, 2.45) is 0 Å². The summed E-state index contributed by atoms with van der Waals surface area (Å²) in [6.07, 6.45) is 2.20. The number of benzene rings is 1. The van der Waals surface area contributed by atoms with Crippen molar-refractivity contribution < 1.29 is 4.79 Å². The van der Waals surface area contributed by atoms with Crippen LogP contribution < -0.4 is 0 Å². The molecule has 2 heteroatoms. The fourth-order valence-corrected chi connectivity index (χ4v) is 1.51. The van der Waals surface area contributed by atoms with Gasteiger partial charge in [-0.05, 0) is 33.0 Å². The molecule has 0 spiro atoms. The Morgan fingerprint density at radius 1 is 1.12 bits per heavy atom. The summed E-state index contributed by atoms with van der Waals surface area (Å²) in [5, 5.41) is 0. The number of aryl methyl sites for hydroxylation is 2. The number of hydrogen-bond acceptors (Lipinski definition) is 2. The molecule has 0 fully saturated rings. The van der Waals surface area contributed by atoms with E-state index in [1.165, 1.54) is 11.1 Å². The Morgan fingerprint density at radius 2 is 1.75 bits per heavy atom. The fraction of sp³-hybridized carbons (Fsp3) is 0.500. The lowest BCUT2D eigenvalue weighted by Gasteiger charge is -2.08. The van der Waals surface area contributed by atoms with Crippen molar-refractivity contribution in [3.63, 3.8) is 0 Å². The molecule has 1 rings (SSSR count). The third kappa shape index (κ3) is 5.08. The highest BCUT2D eigenvalue weighted by atomic mass is 16.1. The van der Waals surface area contributed by atoms with Crippen molar-refractivity contribution in [2.75, 3.05) is 20.6 Å². The van der Waals surface area contributed by atoms with Crippen LogP contribution in [0.2, 0.25) is 0 Å². The van der Waals surface area contributed by atoms with E-state index in [9.17, 15) is 4.79 Å². The van der Waals surface area contributed by atoms with Gasteiger partial charge in [0.15, 0.2) is 0 Å². The van der Waals surface area contributed by atoms with E-state index in [1.54, 1.807) is 0 Å². The second-order valence-corrected chi connectivity index (χ2v) is 4.58. The maximum absolute atomic E-state index is 11.6. The van der Waals surface area contributed by atoms with Crippen molar-refractivity contribution in [3.05, 3.63) is 35.4 Å². The Balaban J connectivity index is 2.29. The SMILES string of the molecule is Cc1ccc(CCC(=O)CCN(C)C)cc1. The highest BCUT2D eigenvalue weighted by molar-refractivity contribution is 5.78. The molecular weight excluding hydrogens is 198 g/mol. The predicted molar refractivity (Wildman–Crippen MR) is 67.7 cm³/mol. The Labute approximate surface area is 98.3 Å². The van der Waals surface area contributed by atoms with Crippen molar-refractivity contribution in [1.29, 1.82) is 0 Å². The average Bonchev–Trinajstić information content (AvgIpc) is 2.25. The maximum atomic E-state index is 11.6. The van der Waals surface area contributed by atoms with Gasteiger partial charge in [-0.3, -0.25) is 4.79 Å². The van der Waals surface area contributed by atoms with Crippen molar-refractivity contribution in [1.82, 2.24) is 4.90 Å². The highest BCUT2D eigenvalue weighted by Gasteiger charge is 2.03. The molecule has 0 N–H and O–H groups in total. The first-order valence-electron chi connectivity index (χ1n) is 5.80. The van der Waals surface area contributed by atoms with Crippen molar-refractivity contribution in [3.8, 4) is 0 Å². The monoisotopic (exact) mass is 219 g/mol. The molecule has 88 valence electrons. The van der Waals surface area contributed by atoms with Gasteiger partial charge >= 0.3 is 0 Å². The van der Waals surface area contributed by atoms with E-state index in [0.29, 0.717) is 18.6 Å². The fourth-order valence-electron chi connectivity index (χ4n) is 1.51. The van der Waals surface area contributed by atoms with Crippen LogP contribution in [-0.4, -0.2) is 31.3 Å². The first-order chi connectivity index (χ1) is 7.58. The molecule has 0 unspecified atom stereocenters. The minimum atomic E-state index is 0.356. The summed E-state index contributed by atoms with van der Waals surface area (Å²) < 4.78 is 0. The number of Topliss-reactive ketones (excluding diaryl/α,β-unsaturated/α-hetero) is 1. The van der Waals surface area contributed by atoms with Gasteiger partial charge in [0.25, 0.3) is 0 Å². The van der Waals surface area contributed by atoms with Crippen LogP contribution in [0.15, 0.2) is 24.3 Å². The van der Waals surface area contributed by atoms with Crippen LogP contribution in [0.3, 0.4) is 0 Å². The molecule has 0 amide bonds. The zero-order chi connectivity index (χ0) is 12.0. The quantitative estimate of drug-likeness (QED) is 0.732. The lowest BCUT2D eigenvalue weighted by Crippen LogP contribution is -2.16. The van der Waals surface area contributed by atoms with Gasteiger partial charge in [-0.15, -0.1) is 0 Å². The smallest absolute Gasteiger partial charge is 0.134 e. The van der Waals surface area contributed by atoms with Gasteiger partial charge in [0.2, 0.25) is 0 Å². The second-order valence-electron chi connectivity index (χ2n) is 4.58. The summed E-state index contributed by atoms with van der Waals surface area (Å²) in [6.45, 7) is 2.93. The first-order valence-corrected chi connectivity index (χ1v) is 5.80. The van der Waals surface area contributed by atoms with Crippen LogP contribution in [-0.2, 0) is 11.2 Å². The average molecular weight is 219 g/mol. The predicted octanol–water partition coefficient (Wildman–Crippen LogP) is 2.45. The molecule has 0 aliphatic rings. The molecule has 0 bridgehead atoms. The molecule has 0 aromatic heterocycles. The molecule has 1 aromatic rings. The van der Waals surface area contributed by atoms with Gasteiger partial charge in [0, 0.05) is 19.4 Å². The third-order valence-electron chi connectivity index (χ3n) is 2.65. The van der Waals surface area contributed by atoms with E-state index in [0.717, 1.165) is 13.0 Å². The van der Waals surface area contributed by atoms with Crippen LogP contribution in [0.5, 0.6) is 0 Å². The minimum Gasteiger partial charge on any atom is -0.309 e. The molecule has 16 heavy (non-hydrogen) atoms. The van der Waals surface area contributed by atoms with E-state index < -0.39 is 0 Å². The topological polar surface area (TPSA) is 20.3 Å². The van der Waals surface area contributed by atoms with Gasteiger partial charge in [-0.2, -0.15) is 0 Å². The second kappa shape index (κ2) is 6.44. The molecule has 0 atom stereocenters. The van der Waals surface area contributed by atoms with E-state index >= 15 is 0 Å². The number of rotatable bonds is 6. The summed E-state index contributed by atoms with van der Waals surface area (Å²) in [4.78, 5) is 13.6. The lowest BCUT2D eigenvalue weighted by molar-refractivity contribution is -0.119. The van der Waals surface area contributed by atoms with Gasteiger partial charge in [0.05, 0.1) is 0 Å². The summed E-state index contributed by atoms with van der Waals surface area (Å²) >= 11 is 0. The molecule has 2 nitrogen and oxygen atoms in total. The van der Waals surface area contributed by atoms with Crippen LogP contribution in [0.1, 0.15) is 24.0 Å². The van der Waals surface area contributed by atoms with Crippen molar-refractivity contribution >= 4 is 5.78 Å². The minimum absolute atomic E-state index is 0.356. The maximum Gasteiger partial charge on any atom is 0.134 e. The van der Waals surface area contributed by atoms with E-state index in [4.69, 9.17) is 0 Å². The standard InChI is InChI=1S/C14H21NO/c1-12-4-6-13(7-5-12)8-9-14(16)10-11-15(2)3/h4-7H,8-11H2,1-3H3. The molecule has 0 aliphatic heterocycles. The lowest BCUT2D eigenvalue weighted by atomic mass is 10.0. The van der Waals surface area contributed by atoms with Crippen LogP contribution in [0, 0.1) is 6.92 Å².